The Labute approximate surface area is 226 Å². The average Bonchev–Trinajstić information content (AvgIpc) is 3.19. The first-order chi connectivity index (χ1) is 19.0. The van der Waals surface area contributed by atoms with Crippen molar-refractivity contribution in [3.8, 4) is 5.75 Å². The minimum absolute atomic E-state index is 0.123. The number of halogens is 3. The number of nitro benzene ring substituents is 1. The molecule has 0 bridgehead atoms. The summed E-state index contributed by atoms with van der Waals surface area (Å²) in [5.74, 6) is -0.0415. The van der Waals surface area contributed by atoms with Gasteiger partial charge in [-0.05, 0) is 49.9 Å². The molecule has 0 radical (unpaired) electrons. The van der Waals surface area contributed by atoms with E-state index < -0.39 is 28.3 Å². The van der Waals surface area contributed by atoms with Gasteiger partial charge in [-0.15, -0.1) is 0 Å². The number of unbranched alkanes of at least 4 members (excludes halogenated alkanes) is 2. The highest BCUT2D eigenvalue weighted by Gasteiger charge is 2.37. The maximum atomic E-state index is 13.5. The molecule has 1 fully saturated rings. The molecule has 212 valence electrons. The van der Waals surface area contributed by atoms with E-state index in [4.69, 9.17) is 9.15 Å². The smallest absolute Gasteiger partial charge is 0.417 e. The highest BCUT2D eigenvalue weighted by molar-refractivity contribution is 6.12. The van der Waals surface area contributed by atoms with Crippen molar-refractivity contribution >= 4 is 34.3 Å². The summed E-state index contributed by atoms with van der Waals surface area (Å²) in [6, 6.07) is 7.97. The van der Waals surface area contributed by atoms with Gasteiger partial charge in [-0.1, -0.05) is 13.3 Å². The number of alkyl halides is 3. The van der Waals surface area contributed by atoms with Crippen molar-refractivity contribution in [1.29, 1.82) is 0 Å². The van der Waals surface area contributed by atoms with Gasteiger partial charge in [-0.25, -0.2) is 9.59 Å². The van der Waals surface area contributed by atoms with Crippen molar-refractivity contribution in [2.75, 3.05) is 24.6 Å². The van der Waals surface area contributed by atoms with Crippen LogP contribution in [0.1, 0.15) is 43.7 Å². The Morgan fingerprint density at radius 2 is 1.77 bits per heavy atom. The number of carbonyl (C=O) groups excluding carboxylic acids is 2. The molecule has 2 aromatic carbocycles. The van der Waals surface area contributed by atoms with E-state index >= 15 is 0 Å². The first-order valence-corrected chi connectivity index (χ1v) is 12.7. The maximum Gasteiger partial charge on any atom is 0.417 e. The van der Waals surface area contributed by atoms with E-state index in [9.17, 15) is 37.7 Å². The van der Waals surface area contributed by atoms with Crippen LogP contribution >= 0.6 is 0 Å². The first-order valence-electron chi connectivity index (χ1n) is 12.7. The third-order valence-corrected chi connectivity index (χ3v) is 6.49. The van der Waals surface area contributed by atoms with E-state index in [0.717, 1.165) is 4.90 Å². The molecule has 40 heavy (non-hydrogen) atoms. The number of hydrogen-bond donors (Lipinski definition) is 0. The second-order valence-electron chi connectivity index (χ2n) is 9.24. The van der Waals surface area contributed by atoms with Gasteiger partial charge in [0.15, 0.2) is 0 Å². The van der Waals surface area contributed by atoms with Crippen molar-refractivity contribution in [1.82, 2.24) is 4.90 Å². The average molecular weight is 562 g/mol. The molecule has 3 amide bonds. The molecule has 1 aromatic heterocycles. The quantitative estimate of drug-likeness (QED) is 0.0969. The number of non-ortho nitro benzene ring substituents is 1. The SMILES string of the molecule is CCCc1c(OCCCCCN2C(=O)CN(c3ccc([N+](=O)[O-])cc3)C2=O)ccc2c(C(F)(F)F)cc(=O)oc12. The van der Waals surface area contributed by atoms with Crippen LogP contribution in [0.4, 0.5) is 29.3 Å². The lowest BCUT2D eigenvalue weighted by atomic mass is 10.0. The summed E-state index contributed by atoms with van der Waals surface area (Å²) in [5.41, 5.74) is -1.63. The van der Waals surface area contributed by atoms with Crippen molar-refractivity contribution in [2.24, 2.45) is 0 Å². The van der Waals surface area contributed by atoms with E-state index in [1.807, 2.05) is 6.92 Å². The van der Waals surface area contributed by atoms with Crippen LogP contribution in [-0.4, -0.2) is 41.5 Å². The summed E-state index contributed by atoms with van der Waals surface area (Å²) >= 11 is 0. The van der Waals surface area contributed by atoms with E-state index in [-0.39, 0.29) is 42.3 Å². The van der Waals surface area contributed by atoms with Gasteiger partial charge in [0.2, 0.25) is 0 Å². The van der Waals surface area contributed by atoms with Crippen LogP contribution in [0.3, 0.4) is 0 Å². The van der Waals surface area contributed by atoms with E-state index in [1.54, 1.807) is 0 Å². The number of fused-ring (bicyclic) bond motifs is 1. The third kappa shape index (κ3) is 6.08. The Morgan fingerprint density at radius 1 is 1.05 bits per heavy atom. The summed E-state index contributed by atoms with van der Waals surface area (Å²) in [4.78, 5) is 49.6. The molecular weight excluding hydrogens is 535 g/mol. The molecule has 0 unspecified atom stereocenters. The molecule has 10 nitrogen and oxygen atoms in total. The summed E-state index contributed by atoms with van der Waals surface area (Å²) < 4.78 is 51.4. The van der Waals surface area contributed by atoms with E-state index in [1.165, 1.54) is 41.3 Å². The molecule has 0 atom stereocenters. The van der Waals surface area contributed by atoms with Gasteiger partial charge >= 0.3 is 17.8 Å². The highest BCUT2D eigenvalue weighted by atomic mass is 19.4. The Bertz CT molecular complexity index is 1490. The lowest BCUT2D eigenvalue weighted by Crippen LogP contribution is -2.33. The zero-order chi connectivity index (χ0) is 29.0. The summed E-state index contributed by atoms with van der Waals surface area (Å²) in [6.45, 7) is 2.10. The molecule has 3 aromatic rings. The van der Waals surface area contributed by atoms with Gasteiger partial charge in [0.05, 0.1) is 17.1 Å². The molecule has 2 heterocycles. The number of ether oxygens (including phenoxy) is 1. The number of amides is 3. The van der Waals surface area contributed by atoms with Crippen molar-refractivity contribution in [3.05, 3.63) is 74.1 Å². The summed E-state index contributed by atoms with van der Waals surface area (Å²) in [6.07, 6.45) is -2.14. The lowest BCUT2D eigenvalue weighted by molar-refractivity contribution is -0.384. The number of hydrogen-bond acceptors (Lipinski definition) is 7. The molecule has 0 spiro atoms. The summed E-state index contributed by atoms with van der Waals surface area (Å²) in [7, 11) is 0. The van der Waals surface area contributed by atoms with Crippen LogP contribution < -0.4 is 15.3 Å². The van der Waals surface area contributed by atoms with Gasteiger partial charge in [-0.3, -0.25) is 24.7 Å². The van der Waals surface area contributed by atoms with Gasteiger partial charge < -0.3 is 9.15 Å². The Hall–Kier alpha value is -4.42. The Kier molecular flexibility index (Phi) is 8.40. The Morgan fingerprint density at radius 3 is 2.42 bits per heavy atom. The fraction of sp³-hybridized carbons (Fsp3) is 0.370. The van der Waals surface area contributed by atoms with Crippen LogP contribution in [-0.2, 0) is 17.4 Å². The molecule has 0 N–H and O–H groups in total. The van der Waals surface area contributed by atoms with Crippen LogP contribution in [0.2, 0.25) is 0 Å². The third-order valence-electron chi connectivity index (χ3n) is 6.49. The normalized spacial score (nSPS) is 13.9. The maximum absolute atomic E-state index is 13.5. The molecule has 4 rings (SSSR count). The largest absolute Gasteiger partial charge is 0.493 e. The zero-order valence-corrected chi connectivity index (χ0v) is 21.5. The standard InChI is InChI=1S/C27H26F3N3O7/c1-2-6-20-22(12-11-19-21(27(28,29)30)15-24(35)40-25(19)20)39-14-5-3-4-13-31-23(34)16-32(26(31)36)17-7-9-18(10-8-17)33(37)38/h7-12,15H,2-6,13-14,16H2,1H3. The predicted molar refractivity (Wildman–Crippen MR) is 138 cm³/mol. The molecule has 1 saturated heterocycles. The molecule has 13 heteroatoms. The minimum atomic E-state index is -4.71. The summed E-state index contributed by atoms with van der Waals surface area (Å²) in [5, 5.41) is 10.6. The number of aryl methyl sites for hydroxylation is 1. The fourth-order valence-electron chi connectivity index (χ4n) is 4.57. The minimum Gasteiger partial charge on any atom is -0.493 e. The molecule has 0 saturated carbocycles. The number of urea groups is 1. The zero-order valence-electron chi connectivity index (χ0n) is 21.5. The monoisotopic (exact) mass is 561 g/mol. The van der Waals surface area contributed by atoms with Gasteiger partial charge in [0.1, 0.15) is 17.9 Å². The van der Waals surface area contributed by atoms with Crippen LogP contribution in [0.5, 0.6) is 5.75 Å². The van der Waals surface area contributed by atoms with Crippen molar-refractivity contribution in [3.63, 3.8) is 0 Å². The number of carbonyl (C=O) groups is 2. The van der Waals surface area contributed by atoms with E-state index in [2.05, 4.69) is 0 Å². The number of imide groups is 1. The second kappa shape index (κ2) is 11.8. The van der Waals surface area contributed by atoms with Gasteiger partial charge in [0, 0.05) is 41.4 Å². The fourth-order valence-corrected chi connectivity index (χ4v) is 4.57. The first kappa shape index (κ1) is 28.6. The number of benzene rings is 2. The topological polar surface area (TPSA) is 123 Å². The molecular formula is C27H26F3N3O7. The molecule has 0 aliphatic carbocycles. The number of rotatable bonds is 11. The number of nitrogens with zero attached hydrogens (tertiary/aromatic N) is 3. The van der Waals surface area contributed by atoms with Crippen molar-refractivity contribution < 1.29 is 36.8 Å². The number of nitro groups is 1. The van der Waals surface area contributed by atoms with Gasteiger partial charge in [-0.2, -0.15) is 13.2 Å². The van der Waals surface area contributed by atoms with Crippen LogP contribution in [0.15, 0.2) is 51.7 Å². The molecule has 1 aliphatic rings. The van der Waals surface area contributed by atoms with Crippen LogP contribution in [0, 0.1) is 10.1 Å². The second-order valence-corrected chi connectivity index (χ2v) is 9.24. The number of anilines is 1. The Balaban J connectivity index is 1.33. The lowest BCUT2D eigenvalue weighted by Gasteiger charge is -2.17. The van der Waals surface area contributed by atoms with Crippen molar-refractivity contribution in [2.45, 2.75) is 45.2 Å². The van der Waals surface area contributed by atoms with E-state index in [0.29, 0.717) is 55.2 Å². The predicted octanol–water partition coefficient (Wildman–Crippen LogP) is 5.69. The van der Waals surface area contributed by atoms with Crippen LogP contribution in [0.25, 0.3) is 11.0 Å². The van der Waals surface area contributed by atoms with Gasteiger partial charge in [0.25, 0.3) is 11.6 Å². The highest BCUT2D eigenvalue weighted by Crippen LogP contribution is 2.37. The molecule has 1 aliphatic heterocycles.